The van der Waals surface area contributed by atoms with E-state index in [0.717, 1.165) is 5.56 Å². The largest absolute Gasteiger partial charge is 0.508 e. The number of carbonyl (C=O) groups is 1. The highest BCUT2D eigenvalue weighted by Gasteiger charge is 2.15. The first-order valence-electron chi connectivity index (χ1n) is 9.26. The van der Waals surface area contributed by atoms with E-state index in [1.807, 2.05) is 0 Å². The standard InChI is InChI=1S/C23H19NO6/c25-16-6-4-15(5-7-16)24-22(29)10-3-13-1-9-19(27)23-17(13)12-21(30-23)14-2-8-18(26)20(28)11-14/h1-2,4-9,11-12,25-28H,3,10H2,(H,24,29). The van der Waals surface area contributed by atoms with Crippen LogP contribution in [0.15, 0.2) is 65.1 Å². The van der Waals surface area contributed by atoms with Crippen molar-refractivity contribution < 1.29 is 29.6 Å². The van der Waals surface area contributed by atoms with E-state index in [4.69, 9.17) is 4.42 Å². The van der Waals surface area contributed by atoms with Crippen molar-refractivity contribution in [2.75, 3.05) is 5.32 Å². The number of anilines is 1. The highest BCUT2D eigenvalue weighted by molar-refractivity contribution is 5.93. The number of carbonyl (C=O) groups excluding carboxylic acids is 1. The molecule has 152 valence electrons. The van der Waals surface area contributed by atoms with Gasteiger partial charge in [0.25, 0.3) is 0 Å². The Morgan fingerprint density at radius 3 is 2.30 bits per heavy atom. The Labute approximate surface area is 171 Å². The minimum atomic E-state index is -0.275. The molecule has 1 amide bonds. The monoisotopic (exact) mass is 405 g/mol. The number of hydrogen-bond donors (Lipinski definition) is 5. The molecule has 7 nitrogen and oxygen atoms in total. The first kappa shape index (κ1) is 19.2. The number of aromatic hydroxyl groups is 4. The van der Waals surface area contributed by atoms with Crippen LogP contribution in [0.4, 0.5) is 5.69 Å². The number of benzene rings is 3. The fourth-order valence-electron chi connectivity index (χ4n) is 3.22. The second-order valence-corrected chi connectivity index (χ2v) is 6.90. The summed E-state index contributed by atoms with van der Waals surface area (Å²) in [5.74, 6) is -0.194. The topological polar surface area (TPSA) is 123 Å². The van der Waals surface area contributed by atoms with Crippen LogP contribution in [0.25, 0.3) is 22.3 Å². The Balaban J connectivity index is 1.56. The van der Waals surface area contributed by atoms with Gasteiger partial charge in [0.15, 0.2) is 22.8 Å². The predicted molar refractivity (Wildman–Crippen MR) is 112 cm³/mol. The SMILES string of the molecule is O=C(CCc1ccc(O)c2oc(-c3ccc(O)c(O)c3)cc12)Nc1ccc(O)cc1. The summed E-state index contributed by atoms with van der Waals surface area (Å²) in [5.41, 5.74) is 2.24. The smallest absolute Gasteiger partial charge is 0.224 e. The molecule has 0 fully saturated rings. The number of aryl methyl sites for hydroxylation is 1. The van der Waals surface area contributed by atoms with Crippen molar-refractivity contribution in [2.24, 2.45) is 0 Å². The second-order valence-electron chi connectivity index (χ2n) is 6.90. The minimum Gasteiger partial charge on any atom is -0.508 e. The molecule has 3 aromatic carbocycles. The van der Waals surface area contributed by atoms with Gasteiger partial charge in [-0.25, -0.2) is 0 Å². The van der Waals surface area contributed by atoms with E-state index in [9.17, 15) is 25.2 Å². The zero-order valence-corrected chi connectivity index (χ0v) is 15.8. The Morgan fingerprint density at radius 2 is 1.57 bits per heavy atom. The van der Waals surface area contributed by atoms with Crippen molar-refractivity contribution in [3.63, 3.8) is 0 Å². The zero-order chi connectivity index (χ0) is 21.3. The quantitative estimate of drug-likeness (QED) is 0.246. The summed E-state index contributed by atoms with van der Waals surface area (Å²) >= 11 is 0. The van der Waals surface area contributed by atoms with Gasteiger partial charge in [-0.05, 0) is 66.6 Å². The van der Waals surface area contributed by atoms with Gasteiger partial charge < -0.3 is 30.2 Å². The molecule has 1 aromatic heterocycles. The number of rotatable bonds is 5. The molecule has 0 aliphatic carbocycles. The second kappa shape index (κ2) is 7.71. The van der Waals surface area contributed by atoms with Crippen LogP contribution in [-0.4, -0.2) is 26.3 Å². The summed E-state index contributed by atoms with van der Waals surface area (Å²) in [4.78, 5) is 12.3. The lowest BCUT2D eigenvalue weighted by atomic mass is 10.0. The van der Waals surface area contributed by atoms with E-state index in [2.05, 4.69) is 5.32 Å². The molecule has 7 heteroatoms. The maximum atomic E-state index is 12.3. The fourth-order valence-corrected chi connectivity index (χ4v) is 3.22. The summed E-state index contributed by atoms with van der Waals surface area (Å²) in [6.45, 7) is 0. The van der Waals surface area contributed by atoms with Crippen LogP contribution in [-0.2, 0) is 11.2 Å². The number of fused-ring (bicyclic) bond motifs is 1. The molecule has 0 unspecified atom stereocenters. The van der Waals surface area contributed by atoms with Crippen molar-refractivity contribution >= 4 is 22.6 Å². The maximum Gasteiger partial charge on any atom is 0.224 e. The lowest BCUT2D eigenvalue weighted by molar-refractivity contribution is -0.116. The lowest BCUT2D eigenvalue weighted by Gasteiger charge is -2.06. The molecule has 0 radical (unpaired) electrons. The van der Waals surface area contributed by atoms with Gasteiger partial charge in [-0.2, -0.15) is 0 Å². The summed E-state index contributed by atoms with van der Waals surface area (Å²) in [6.07, 6.45) is 0.627. The van der Waals surface area contributed by atoms with Crippen LogP contribution >= 0.6 is 0 Å². The zero-order valence-electron chi connectivity index (χ0n) is 15.8. The molecular formula is C23H19NO6. The summed E-state index contributed by atoms with van der Waals surface area (Å²) in [7, 11) is 0. The average Bonchev–Trinajstić information content (AvgIpc) is 3.18. The normalized spacial score (nSPS) is 10.9. The van der Waals surface area contributed by atoms with E-state index in [1.54, 1.807) is 30.3 Å². The van der Waals surface area contributed by atoms with Gasteiger partial charge in [-0.1, -0.05) is 6.07 Å². The van der Waals surface area contributed by atoms with Gasteiger partial charge in [0.05, 0.1) is 0 Å². The lowest BCUT2D eigenvalue weighted by Crippen LogP contribution is -2.12. The number of nitrogens with one attached hydrogen (secondary N) is 1. The van der Waals surface area contributed by atoms with E-state index in [1.165, 1.54) is 30.3 Å². The van der Waals surface area contributed by atoms with Crippen LogP contribution in [0.5, 0.6) is 23.0 Å². The molecule has 0 aliphatic heterocycles. The van der Waals surface area contributed by atoms with Crippen molar-refractivity contribution in [2.45, 2.75) is 12.8 Å². The third-order valence-corrected chi connectivity index (χ3v) is 4.79. The number of phenolic OH excluding ortho intramolecular Hbond substituents is 4. The highest BCUT2D eigenvalue weighted by atomic mass is 16.4. The molecular weight excluding hydrogens is 386 g/mol. The van der Waals surface area contributed by atoms with Crippen molar-refractivity contribution in [1.29, 1.82) is 0 Å². The molecule has 4 rings (SSSR count). The molecule has 30 heavy (non-hydrogen) atoms. The molecule has 0 aliphatic rings. The Morgan fingerprint density at radius 1 is 0.833 bits per heavy atom. The molecule has 1 heterocycles. The highest BCUT2D eigenvalue weighted by Crippen LogP contribution is 2.37. The van der Waals surface area contributed by atoms with Crippen LogP contribution in [0.3, 0.4) is 0 Å². The van der Waals surface area contributed by atoms with Gasteiger partial charge >= 0.3 is 0 Å². The summed E-state index contributed by atoms with van der Waals surface area (Å²) in [6, 6.07) is 15.5. The van der Waals surface area contributed by atoms with Gasteiger partial charge in [0.2, 0.25) is 5.91 Å². The van der Waals surface area contributed by atoms with Crippen LogP contribution < -0.4 is 5.32 Å². The first-order chi connectivity index (χ1) is 14.4. The first-order valence-corrected chi connectivity index (χ1v) is 9.26. The Bertz CT molecular complexity index is 1230. The molecule has 0 saturated carbocycles. The molecule has 5 N–H and O–H groups in total. The minimum absolute atomic E-state index is 0.0310. The average molecular weight is 405 g/mol. The van der Waals surface area contributed by atoms with Crippen molar-refractivity contribution in [3.05, 3.63) is 66.2 Å². The third kappa shape index (κ3) is 3.86. The molecule has 4 aromatic rings. The van der Waals surface area contributed by atoms with Gasteiger partial charge in [-0.15, -0.1) is 0 Å². The molecule has 0 saturated heterocycles. The molecule has 0 spiro atoms. The van der Waals surface area contributed by atoms with Crippen molar-refractivity contribution in [3.8, 4) is 34.3 Å². The van der Waals surface area contributed by atoms with Crippen LogP contribution in [0.2, 0.25) is 0 Å². The predicted octanol–water partition coefficient (Wildman–Crippen LogP) is 4.49. The Kier molecular flexibility index (Phi) is 4.93. The van der Waals surface area contributed by atoms with E-state index >= 15 is 0 Å². The van der Waals surface area contributed by atoms with E-state index in [0.29, 0.717) is 28.8 Å². The molecule has 0 bridgehead atoms. The van der Waals surface area contributed by atoms with E-state index in [-0.39, 0.29) is 40.9 Å². The van der Waals surface area contributed by atoms with E-state index < -0.39 is 0 Å². The number of furan rings is 1. The summed E-state index contributed by atoms with van der Waals surface area (Å²) < 4.78 is 5.77. The number of hydrogen-bond acceptors (Lipinski definition) is 6. The van der Waals surface area contributed by atoms with Gasteiger partial charge in [-0.3, -0.25) is 4.79 Å². The van der Waals surface area contributed by atoms with Crippen molar-refractivity contribution in [1.82, 2.24) is 0 Å². The summed E-state index contributed by atoms with van der Waals surface area (Å²) in [5, 5.41) is 42.1. The number of phenols is 4. The Hall–Kier alpha value is -4.13. The fraction of sp³-hybridized carbons (Fsp3) is 0.0870. The van der Waals surface area contributed by atoms with Gasteiger partial charge in [0, 0.05) is 23.1 Å². The van der Waals surface area contributed by atoms with Crippen LogP contribution in [0.1, 0.15) is 12.0 Å². The number of amides is 1. The maximum absolute atomic E-state index is 12.3. The van der Waals surface area contributed by atoms with Gasteiger partial charge in [0.1, 0.15) is 11.5 Å². The van der Waals surface area contributed by atoms with Crippen LogP contribution in [0, 0.1) is 0 Å². The third-order valence-electron chi connectivity index (χ3n) is 4.79. The molecule has 0 atom stereocenters.